The van der Waals surface area contributed by atoms with Crippen LogP contribution in [-0.4, -0.2) is 17.0 Å². The monoisotopic (exact) mass is 167 g/mol. The van der Waals surface area contributed by atoms with Gasteiger partial charge < -0.3 is 10.3 Å². The van der Waals surface area contributed by atoms with Gasteiger partial charge in [-0.3, -0.25) is 4.79 Å². The van der Waals surface area contributed by atoms with Gasteiger partial charge in [-0.15, -0.1) is 0 Å². The van der Waals surface area contributed by atoms with Crippen LogP contribution in [0.15, 0.2) is 4.79 Å². The summed E-state index contributed by atoms with van der Waals surface area (Å²) in [6, 6.07) is 0. The fourth-order valence-electron chi connectivity index (χ4n) is 0.955. The Morgan fingerprint density at radius 1 is 1.50 bits per heavy atom. The van der Waals surface area contributed by atoms with E-state index in [4.69, 9.17) is 0 Å². The molecule has 0 bridgehead atoms. The Kier molecular flexibility index (Phi) is 2.60. The zero-order valence-electron chi connectivity index (χ0n) is 7.56. The van der Waals surface area contributed by atoms with Crippen molar-refractivity contribution in [3.05, 3.63) is 27.4 Å². The van der Waals surface area contributed by atoms with E-state index in [0.29, 0.717) is 17.9 Å². The van der Waals surface area contributed by atoms with Gasteiger partial charge >= 0.3 is 0 Å². The summed E-state index contributed by atoms with van der Waals surface area (Å²) in [5.74, 6) is 0.686. The Hall–Kier alpha value is -1.16. The second kappa shape index (κ2) is 3.49. The fraction of sp³-hybridized carbons (Fsp3) is 0.500. The van der Waals surface area contributed by atoms with Crippen molar-refractivity contribution in [2.24, 2.45) is 0 Å². The van der Waals surface area contributed by atoms with Gasteiger partial charge in [0.2, 0.25) is 0 Å². The first-order chi connectivity index (χ1) is 5.65. The van der Waals surface area contributed by atoms with E-state index in [1.807, 2.05) is 14.0 Å². The van der Waals surface area contributed by atoms with Crippen molar-refractivity contribution in [2.75, 3.05) is 7.05 Å². The molecule has 1 heterocycles. The molecule has 0 atom stereocenters. The first-order valence-electron chi connectivity index (χ1n) is 3.86. The van der Waals surface area contributed by atoms with Crippen LogP contribution in [0.3, 0.4) is 0 Å². The molecule has 0 aromatic carbocycles. The summed E-state index contributed by atoms with van der Waals surface area (Å²) < 4.78 is 0. The van der Waals surface area contributed by atoms with Gasteiger partial charge in [0.25, 0.3) is 5.56 Å². The highest BCUT2D eigenvalue weighted by atomic mass is 16.1. The molecule has 0 spiro atoms. The summed E-state index contributed by atoms with van der Waals surface area (Å²) in [7, 11) is 1.81. The van der Waals surface area contributed by atoms with Gasteiger partial charge in [0, 0.05) is 11.3 Å². The molecule has 66 valence electrons. The van der Waals surface area contributed by atoms with E-state index >= 15 is 0 Å². The van der Waals surface area contributed by atoms with Crippen molar-refractivity contribution in [3.63, 3.8) is 0 Å². The van der Waals surface area contributed by atoms with Gasteiger partial charge in [0.15, 0.2) is 0 Å². The molecule has 4 heteroatoms. The zero-order chi connectivity index (χ0) is 9.14. The summed E-state index contributed by atoms with van der Waals surface area (Å²) in [5, 5.41) is 2.93. The molecular formula is C8H13N3O. The van der Waals surface area contributed by atoms with Crippen LogP contribution in [0, 0.1) is 13.8 Å². The van der Waals surface area contributed by atoms with Gasteiger partial charge in [-0.05, 0) is 20.9 Å². The second-order valence-electron chi connectivity index (χ2n) is 2.75. The van der Waals surface area contributed by atoms with Crippen LogP contribution in [0.2, 0.25) is 0 Å². The Morgan fingerprint density at radius 3 is 2.67 bits per heavy atom. The van der Waals surface area contributed by atoms with Crippen molar-refractivity contribution < 1.29 is 0 Å². The lowest BCUT2D eigenvalue weighted by molar-refractivity contribution is 0.743. The number of nitrogens with one attached hydrogen (secondary N) is 2. The molecule has 0 saturated carbocycles. The number of aromatic amines is 1. The van der Waals surface area contributed by atoms with Crippen LogP contribution in [-0.2, 0) is 6.54 Å². The number of nitrogens with zero attached hydrogens (tertiary/aromatic N) is 1. The minimum absolute atomic E-state index is 0.0484. The highest BCUT2D eigenvalue weighted by Crippen LogP contribution is 1.95. The van der Waals surface area contributed by atoms with Crippen LogP contribution in [0.1, 0.15) is 17.1 Å². The molecule has 12 heavy (non-hydrogen) atoms. The van der Waals surface area contributed by atoms with E-state index in [1.165, 1.54) is 0 Å². The first-order valence-corrected chi connectivity index (χ1v) is 3.86. The maximum atomic E-state index is 11.2. The minimum atomic E-state index is -0.0484. The lowest BCUT2D eigenvalue weighted by Crippen LogP contribution is -2.19. The lowest BCUT2D eigenvalue weighted by atomic mass is 10.3. The molecule has 2 N–H and O–H groups in total. The van der Waals surface area contributed by atoms with E-state index in [2.05, 4.69) is 15.3 Å². The molecule has 4 nitrogen and oxygen atoms in total. The highest BCUT2D eigenvalue weighted by Gasteiger charge is 2.01. The Labute approximate surface area is 71.0 Å². The van der Waals surface area contributed by atoms with Gasteiger partial charge in [-0.25, -0.2) is 4.98 Å². The molecule has 0 aliphatic carbocycles. The van der Waals surface area contributed by atoms with Gasteiger partial charge in [0.1, 0.15) is 5.82 Å². The summed E-state index contributed by atoms with van der Waals surface area (Å²) in [4.78, 5) is 18.1. The number of rotatable bonds is 2. The van der Waals surface area contributed by atoms with E-state index in [0.717, 1.165) is 5.69 Å². The molecule has 0 saturated heterocycles. The lowest BCUT2D eigenvalue weighted by Gasteiger charge is -2.02. The summed E-state index contributed by atoms with van der Waals surface area (Å²) in [6.45, 7) is 4.20. The van der Waals surface area contributed by atoms with Crippen LogP contribution in [0.5, 0.6) is 0 Å². The molecule has 0 aliphatic rings. The minimum Gasteiger partial charge on any atom is -0.313 e. The Balaban J connectivity index is 3.13. The third kappa shape index (κ3) is 1.71. The smallest absolute Gasteiger partial charge is 0.254 e. The van der Waals surface area contributed by atoms with Crippen molar-refractivity contribution in [1.29, 1.82) is 0 Å². The number of hydrogen-bond donors (Lipinski definition) is 2. The SMILES string of the molecule is CNCc1nc(C)c(C)c(=O)[nH]1. The van der Waals surface area contributed by atoms with Crippen LogP contribution in [0.25, 0.3) is 0 Å². The quantitative estimate of drug-likeness (QED) is 0.657. The van der Waals surface area contributed by atoms with Crippen LogP contribution < -0.4 is 10.9 Å². The van der Waals surface area contributed by atoms with Gasteiger partial charge in [-0.2, -0.15) is 0 Å². The summed E-state index contributed by atoms with van der Waals surface area (Å²) in [6.07, 6.45) is 0. The predicted molar refractivity (Wildman–Crippen MR) is 47.1 cm³/mol. The third-order valence-electron chi connectivity index (χ3n) is 1.79. The van der Waals surface area contributed by atoms with Crippen LogP contribution in [0.4, 0.5) is 0 Å². The van der Waals surface area contributed by atoms with E-state index in [1.54, 1.807) is 6.92 Å². The maximum absolute atomic E-state index is 11.2. The van der Waals surface area contributed by atoms with Crippen molar-refractivity contribution in [2.45, 2.75) is 20.4 Å². The molecule has 0 fully saturated rings. The molecule has 0 aliphatic heterocycles. The number of hydrogen-bond acceptors (Lipinski definition) is 3. The zero-order valence-corrected chi connectivity index (χ0v) is 7.56. The molecule has 1 rings (SSSR count). The summed E-state index contributed by atoms with van der Waals surface area (Å²) in [5.41, 5.74) is 1.44. The molecular weight excluding hydrogens is 154 g/mol. The van der Waals surface area contributed by atoms with Crippen molar-refractivity contribution >= 4 is 0 Å². The topological polar surface area (TPSA) is 57.8 Å². The standard InChI is InChI=1S/C8H13N3O/c1-5-6(2)10-7(4-9-3)11-8(5)12/h9H,4H2,1-3H3,(H,10,11,12). The van der Waals surface area contributed by atoms with E-state index in [-0.39, 0.29) is 5.56 Å². The predicted octanol–water partition coefficient (Wildman–Crippen LogP) is 0.106. The first kappa shape index (κ1) is 8.93. The largest absolute Gasteiger partial charge is 0.313 e. The molecule has 0 amide bonds. The Morgan fingerprint density at radius 2 is 2.17 bits per heavy atom. The molecule has 1 aromatic heterocycles. The third-order valence-corrected chi connectivity index (χ3v) is 1.79. The number of aromatic nitrogens is 2. The molecule has 1 aromatic rings. The normalized spacial score (nSPS) is 10.2. The molecule has 0 unspecified atom stereocenters. The highest BCUT2D eigenvalue weighted by molar-refractivity contribution is 5.13. The average molecular weight is 167 g/mol. The van der Waals surface area contributed by atoms with E-state index in [9.17, 15) is 4.79 Å². The van der Waals surface area contributed by atoms with Gasteiger partial charge in [0.05, 0.1) is 6.54 Å². The Bertz CT molecular complexity index is 330. The fourth-order valence-corrected chi connectivity index (χ4v) is 0.955. The summed E-state index contributed by atoms with van der Waals surface area (Å²) >= 11 is 0. The number of aryl methyl sites for hydroxylation is 1. The second-order valence-corrected chi connectivity index (χ2v) is 2.75. The van der Waals surface area contributed by atoms with Crippen molar-refractivity contribution in [1.82, 2.24) is 15.3 Å². The van der Waals surface area contributed by atoms with Crippen molar-refractivity contribution in [3.8, 4) is 0 Å². The molecule has 0 radical (unpaired) electrons. The van der Waals surface area contributed by atoms with Gasteiger partial charge in [-0.1, -0.05) is 0 Å². The number of H-pyrrole nitrogens is 1. The van der Waals surface area contributed by atoms with Crippen LogP contribution >= 0.6 is 0 Å². The van der Waals surface area contributed by atoms with E-state index < -0.39 is 0 Å². The average Bonchev–Trinajstić information content (AvgIpc) is 2.01. The maximum Gasteiger partial charge on any atom is 0.254 e.